The van der Waals surface area contributed by atoms with Crippen LogP contribution in [0.2, 0.25) is 0 Å². The van der Waals surface area contributed by atoms with Crippen LogP contribution >= 0.6 is 23.6 Å². The van der Waals surface area contributed by atoms with Gasteiger partial charge in [0.1, 0.15) is 15.8 Å². The van der Waals surface area contributed by atoms with E-state index in [0.29, 0.717) is 15.6 Å². The Labute approximate surface area is 134 Å². The number of thiazole rings is 1. The maximum absolute atomic E-state index is 13.0. The van der Waals surface area contributed by atoms with E-state index >= 15 is 0 Å². The molecule has 2 rings (SSSR count). The van der Waals surface area contributed by atoms with Gasteiger partial charge < -0.3 is 0 Å². The lowest BCUT2D eigenvalue weighted by Gasteiger charge is -2.00. The Hall–Kier alpha value is -1.44. The number of nitrogens with zero attached hydrogens (tertiary/aromatic N) is 2. The molecule has 7 heteroatoms. The van der Waals surface area contributed by atoms with Crippen molar-refractivity contribution in [1.82, 2.24) is 15.4 Å². The van der Waals surface area contributed by atoms with Crippen molar-refractivity contribution in [2.24, 2.45) is 0 Å². The average Bonchev–Trinajstić information content (AvgIpc) is 3.02. The molecule has 0 aliphatic rings. The van der Waals surface area contributed by atoms with Crippen molar-refractivity contribution < 1.29 is 9.23 Å². The number of hydrogen-bond donors (Lipinski definition) is 1. The van der Waals surface area contributed by atoms with Crippen molar-refractivity contribution in [3.05, 3.63) is 35.4 Å². The zero-order valence-electron chi connectivity index (χ0n) is 12.8. The molecule has 1 N–H and O–H groups in total. The van der Waals surface area contributed by atoms with Crippen LogP contribution in [0.5, 0.6) is 0 Å². The van der Waals surface area contributed by atoms with Crippen LogP contribution in [-0.2, 0) is 4.84 Å². The molecule has 0 fully saturated rings. The average molecular weight is 329 g/mol. The normalized spacial score (nSPS) is 8.86. The van der Waals surface area contributed by atoms with Crippen molar-refractivity contribution in [2.45, 2.75) is 27.7 Å². The van der Waals surface area contributed by atoms with Gasteiger partial charge in [-0.3, -0.25) is 15.3 Å². The summed E-state index contributed by atoms with van der Waals surface area (Å²) < 4.78 is 13.0. The zero-order chi connectivity index (χ0) is 16.3. The quantitative estimate of drug-likeness (QED) is 0.675. The van der Waals surface area contributed by atoms with Gasteiger partial charge in [-0.05, 0) is 6.07 Å². The Balaban J connectivity index is 0.000000921. The van der Waals surface area contributed by atoms with E-state index in [2.05, 4.69) is 15.4 Å². The molecule has 4 nitrogen and oxygen atoms in total. The summed E-state index contributed by atoms with van der Waals surface area (Å²) in [6.07, 6.45) is 4.31. The molecule has 0 aliphatic carbocycles. The van der Waals surface area contributed by atoms with E-state index in [1.807, 2.05) is 27.7 Å². The molecule has 0 radical (unpaired) electrons. The van der Waals surface area contributed by atoms with Crippen LogP contribution in [0, 0.1) is 5.82 Å². The van der Waals surface area contributed by atoms with Gasteiger partial charge in [-0.1, -0.05) is 39.9 Å². The molecule has 0 bridgehead atoms. The van der Waals surface area contributed by atoms with Crippen LogP contribution in [0.1, 0.15) is 32.6 Å². The fourth-order valence-corrected chi connectivity index (χ4v) is 2.23. The van der Waals surface area contributed by atoms with Gasteiger partial charge in [0, 0.05) is 18.0 Å². The minimum Gasteiger partial charge on any atom is -0.279 e. The first kappa shape index (κ1) is 19.6. The highest BCUT2D eigenvalue weighted by atomic mass is 32.1. The molecule has 0 atom stereocenters. The van der Waals surface area contributed by atoms with Gasteiger partial charge in [0.05, 0.1) is 18.2 Å². The maximum Gasteiger partial charge on any atom is 0.142 e. The number of hydrogen-bond acceptors (Lipinski definition) is 5. The zero-order valence-corrected chi connectivity index (χ0v) is 14.4. The molecule has 2 aromatic heterocycles. The fraction of sp³-hybridized carbons (Fsp3) is 0.357. The summed E-state index contributed by atoms with van der Waals surface area (Å²) in [5.41, 5.74) is 3.18. The van der Waals surface area contributed by atoms with E-state index in [4.69, 9.17) is 17.1 Å². The number of nitrogens with one attached hydrogen (secondary N) is 1. The second-order valence-corrected chi connectivity index (χ2v) is 4.50. The topological polar surface area (TPSA) is 47.0 Å². The molecule has 0 unspecified atom stereocenters. The maximum atomic E-state index is 13.0. The first-order chi connectivity index (χ1) is 10.2. The lowest BCUT2D eigenvalue weighted by molar-refractivity contribution is 0.147. The monoisotopic (exact) mass is 329 g/mol. The van der Waals surface area contributed by atoms with E-state index in [9.17, 15) is 4.39 Å². The fourth-order valence-electron chi connectivity index (χ4n) is 1.18. The molecule has 2 heterocycles. The van der Waals surface area contributed by atoms with Crippen LogP contribution in [-0.4, -0.2) is 22.1 Å². The summed E-state index contributed by atoms with van der Waals surface area (Å²) in [7, 11) is 1.48. The largest absolute Gasteiger partial charge is 0.279 e. The SMILES string of the molecule is CC.CC.CONC(=S)c1cnc(-c2cncc(F)c2)s1. The molecule has 0 amide bonds. The third-order valence-corrected chi connectivity index (χ3v) is 3.37. The Bertz CT molecular complexity index is 547. The number of thiocarbonyl (C=S) groups is 1. The Morgan fingerprint density at radius 2 is 1.90 bits per heavy atom. The predicted molar refractivity (Wildman–Crippen MR) is 89.8 cm³/mol. The summed E-state index contributed by atoms with van der Waals surface area (Å²) in [5, 5.41) is 0.659. The van der Waals surface area contributed by atoms with E-state index < -0.39 is 5.82 Å². The molecule has 116 valence electrons. The van der Waals surface area contributed by atoms with Gasteiger partial charge in [-0.15, -0.1) is 11.3 Å². The first-order valence-corrected chi connectivity index (χ1v) is 7.83. The number of rotatable bonds is 3. The van der Waals surface area contributed by atoms with E-state index in [0.717, 1.165) is 11.1 Å². The lowest BCUT2D eigenvalue weighted by atomic mass is 10.3. The first-order valence-electron chi connectivity index (χ1n) is 6.61. The number of aromatic nitrogens is 2. The highest BCUT2D eigenvalue weighted by Gasteiger charge is 2.09. The van der Waals surface area contributed by atoms with Crippen molar-refractivity contribution in [3.63, 3.8) is 0 Å². The Morgan fingerprint density at radius 3 is 2.48 bits per heavy atom. The van der Waals surface area contributed by atoms with Crippen molar-refractivity contribution in [1.29, 1.82) is 0 Å². The molecule has 0 aliphatic heterocycles. The Kier molecular flexibility index (Phi) is 10.5. The smallest absolute Gasteiger partial charge is 0.142 e. The third-order valence-electron chi connectivity index (χ3n) is 1.88. The molecular weight excluding hydrogens is 309 g/mol. The van der Waals surface area contributed by atoms with Crippen LogP contribution < -0.4 is 5.48 Å². The second kappa shape index (κ2) is 11.2. The molecule has 2 aromatic rings. The van der Waals surface area contributed by atoms with Crippen LogP contribution in [0.15, 0.2) is 24.7 Å². The van der Waals surface area contributed by atoms with E-state index in [-0.39, 0.29) is 0 Å². The van der Waals surface area contributed by atoms with E-state index in [1.54, 1.807) is 12.4 Å². The van der Waals surface area contributed by atoms with Crippen LogP contribution in [0.25, 0.3) is 10.6 Å². The molecule has 0 saturated carbocycles. The highest BCUT2D eigenvalue weighted by Crippen LogP contribution is 2.25. The minimum atomic E-state index is -0.392. The molecular formula is C14H20FN3OS2. The summed E-state index contributed by atoms with van der Waals surface area (Å²) >= 11 is 6.39. The number of halogens is 1. The van der Waals surface area contributed by atoms with Crippen LogP contribution in [0.4, 0.5) is 4.39 Å². The minimum absolute atomic E-state index is 0.392. The highest BCUT2D eigenvalue weighted by molar-refractivity contribution is 7.81. The standard InChI is InChI=1S/C10H8FN3OS2.2C2H6/c1-15-14-9(16)8-5-13-10(17-8)6-2-7(11)4-12-3-6;2*1-2/h2-5H,1H3,(H,14,16);2*1-2H3. The van der Waals surface area contributed by atoms with Crippen molar-refractivity contribution >= 4 is 28.5 Å². The molecule has 0 spiro atoms. The third kappa shape index (κ3) is 6.24. The van der Waals surface area contributed by atoms with Gasteiger partial charge in [-0.25, -0.2) is 9.37 Å². The molecule has 0 saturated heterocycles. The van der Waals surface area contributed by atoms with Gasteiger partial charge in [0.2, 0.25) is 0 Å². The number of hydroxylamine groups is 1. The van der Waals surface area contributed by atoms with Gasteiger partial charge in [0.15, 0.2) is 0 Å². The molecule has 21 heavy (non-hydrogen) atoms. The summed E-state index contributed by atoms with van der Waals surface area (Å²) in [5.74, 6) is -0.392. The Morgan fingerprint density at radius 1 is 1.24 bits per heavy atom. The van der Waals surface area contributed by atoms with Crippen LogP contribution in [0.3, 0.4) is 0 Å². The van der Waals surface area contributed by atoms with Crippen molar-refractivity contribution in [3.8, 4) is 10.6 Å². The molecule has 0 aromatic carbocycles. The van der Waals surface area contributed by atoms with Gasteiger partial charge >= 0.3 is 0 Å². The van der Waals surface area contributed by atoms with Crippen molar-refractivity contribution in [2.75, 3.05) is 7.11 Å². The second-order valence-electron chi connectivity index (χ2n) is 3.06. The number of pyridine rings is 1. The lowest BCUT2D eigenvalue weighted by Crippen LogP contribution is -2.19. The summed E-state index contributed by atoms with van der Waals surface area (Å²) in [4.78, 5) is 13.8. The summed E-state index contributed by atoms with van der Waals surface area (Å²) in [6, 6.07) is 1.38. The van der Waals surface area contributed by atoms with E-state index in [1.165, 1.54) is 24.5 Å². The predicted octanol–water partition coefficient (Wildman–Crippen LogP) is 4.22. The summed E-state index contributed by atoms with van der Waals surface area (Å²) in [6.45, 7) is 8.00. The van der Waals surface area contributed by atoms with Gasteiger partial charge in [0.25, 0.3) is 0 Å². The van der Waals surface area contributed by atoms with Gasteiger partial charge in [-0.2, -0.15) is 0 Å².